The minimum Gasteiger partial charge on any atom is -0.475 e. The number of carboxylic acid groups (broad SMARTS) is 1. The molecule has 0 aromatic carbocycles. The molecular formula is C8H8N2O3. The Morgan fingerprint density at radius 2 is 2.38 bits per heavy atom. The summed E-state index contributed by atoms with van der Waals surface area (Å²) < 4.78 is 6.46. The number of aromatic nitrogens is 2. The zero-order chi connectivity index (χ0) is 9.59. The Morgan fingerprint density at radius 1 is 1.69 bits per heavy atom. The summed E-state index contributed by atoms with van der Waals surface area (Å²) in [7, 11) is 1.81. The molecule has 0 spiro atoms. The summed E-state index contributed by atoms with van der Waals surface area (Å²) >= 11 is 0. The minimum atomic E-state index is -1.09. The quantitative estimate of drug-likeness (QED) is 0.715. The van der Waals surface area contributed by atoms with Crippen molar-refractivity contribution in [1.29, 1.82) is 0 Å². The average Bonchev–Trinajstić information content (AvgIpc) is 2.55. The maximum atomic E-state index is 10.7. The molecule has 5 heteroatoms. The molecule has 2 aromatic heterocycles. The molecule has 2 heterocycles. The van der Waals surface area contributed by atoms with Gasteiger partial charge >= 0.3 is 5.97 Å². The third-order valence-corrected chi connectivity index (χ3v) is 2.10. The number of rotatable bonds is 1. The highest BCUT2D eigenvalue weighted by molar-refractivity contribution is 5.99. The van der Waals surface area contributed by atoms with Crippen molar-refractivity contribution >= 4 is 17.0 Å². The summed E-state index contributed by atoms with van der Waals surface area (Å²) in [6.07, 6.45) is 0. The highest BCUT2D eigenvalue weighted by atomic mass is 16.5. The van der Waals surface area contributed by atoms with Crippen LogP contribution in [0.25, 0.3) is 11.0 Å². The monoisotopic (exact) mass is 180 g/mol. The molecule has 0 aliphatic heterocycles. The van der Waals surface area contributed by atoms with Gasteiger partial charge < -0.3 is 14.2 Å². The van der Waals surface area contributed by atoms with Gasteiger partial charge in [0.15, 0.2) is 5.65 Å². The summed E-state index contributed by atoms with van der Waals surface area (Å²) in [5, 5.41) is 12.9. The molecule has 0 unspecified atom stereocenters. The number of carbonyl (C=O) groups is 1. The molecule has 0 fully saturated rings. The van der Waals surface area contributed by atoms with Crippen molar-refractivity contribution < 1.29 is 14.4 Å². The van der Waals surface area contributed by atoms with E-state index in [0.29, 0.717) is 11.0 Å². The number of aromatic carboxylic acids is 1. The molecule has 0 aliphatic carbocycles. The van der Waals surface area contributed by atoms with Gasteiger partial charge in [0.2, 0.25) is 0 Å². The predicted molar refractivity (Wildman–Crippen MR) is 44.7 cm³/mol. The fraction of sp³-hybridized carbons (Fsp3) is 0.250. The number of hydrogen-bond donors (Lipinski definition) is 1. The molecule has 5 nitrogen and oxygen atoms in total. The van der Waals surface area contributed by atoms with E-state index in [1.165, 1.54) is 0 Å². The fourth-order valence-electron chi connectivity index (χ4n) is 1.29. The third kappa shape index (κ3) is 0.932. The van der Waals surface area contributed by atoms with E-state index in [1.54, 1.807) is 10.6 Å². The van der Waals surface area contributed by atoms with Gasteiger partial charge in [0.25, 0.3) is 5.76 Å². The minimum absolute atomic E-state index is 0.0984. The van der Waals surface area contributed by atoms with Crippen LogP contribution in [0, 0.1) is 6.92 Å². The highest BCUT2D eigenvalue weighted by Crippen LogP contribution is 2.21. The first-order chi connectivity index (χ1) is 6.11. The van der Waals surface area contributed by atoms with E-state index in [0.717, 1.165) is 5.69 Å². The van der Waals surface area contributed by atoms with Gasteiger partial charge in [-0.1, -0.05) is 5.16 Å². The Kier molecular flexibility index (Phi) is 1.42. The van der Waals surface area contributed by atoms with E-state index >= 15 is 0 Å². The second-order valence-corrected chi connectivity index (χ2v) is 2.90. The van der Waals surface area contributed by atoms with Gasteiger partial charge in [0.1, 0.15) is 0 Å². The lowest BCUT2D eigenvalue weighted by molar-refractivity contribution is 0.0655. The van der Waals surface area contributed by atoms with Crippen LogP contribution < -0.4 is 0 Å². The van der Waals surface area contributed by atoms with Crippen molar-refractivity contribution in [3.05, 3.63) is 17.5 Å². The Hall–Kier alpha value is -1.78. The van der Waals surface area contributed by atoms with Gasteiger partial charge in [-0.25, -0.2) is 4.79 Å². The summed E-state index contributed by atoms with van der Waals surface area (Å²) in [4.78, 5) is 10.7. The molecule has 0 aliphatic rings. The normalized spacial score (nSPS) is 10.9. The Labute approximate surface area is 73.5 Å². The summed E-state index contributed by atoms with van der Waals surface area (Å²) in [5.41, 5.74) is 1.52. The maximum absolute atomic E-state index is 10.7. The van der Waals surface area contributed by atoms with Crippen LogP contribution in [-0.4, -0.2) is 20.8 Å². The molecule has 0 saturated heterocycles. The SMILES string of the molecule is Cc1cc2c(C(=O)O)onc2n1C. The van der Waals surface area contributed by atoms with Crippen molar-refractivity contribution in [3.8, 4) is 0 Å². The number of aryl methyl sites for hydroxylation is 2. The Morgan fingerprint density at radius 3 is 3.00 bits per heavy atom. The zero-order valence-electron chi connectivity index (χ0n) is 7.24. The fourth-order valence-corrected chi connectivity index (χ4v) is 1.29. The molecule has 0 radical (unpaired) electrons. The van der Waals surface area contributed by atoms with Gasteiger partial charge in [0, 0.05) is 12.7 Å². The molecule has 2 aromatic rings. The largest absolute Gasteiger partial charge is 0.475 e. The van der Waals surface area contributed by atoms with Crippen molar-refractivity contribution in [3.63, 3.8) is 0 Å². The van der Waals surface area contributed by atoms with E-state index < -0.39 is 5.97 Å². The average molecular weight is 180 g/mol. The standard InChI is InChI=1S/C8H8N2O3/c1-4-3-5-6(8(11)12)13-9-7(5)10(4)2/h3H,1-2H3,(H,11,12). The van der Waals surface area contributed by atoms with Crippen LogP contribution in [0.2, 0.25) is 0 Å². The highest BCUT2D eigenvalue weighted by Gasteiger charge is 2.18. The lowest BCUT2D eigenvalue weighted by Gasteiger charge is -1.91. The van der Waals surface area contributed by atoms with Gasteiger partial charge in [-0.2, -0.15) is 0 Å². The number of hydrogen-bond acceptors (Lipinski definition) is 3. The van der Waals surface area contributed by atoms with E-state index in [-0.39, 0.29) is 5.76 Å². The molecule has 0 atom stereocenters. The zero-order valence-corrected chi connectivity index (χ0v) is 7.24. The van der Waals surface area contributed by atoms with Crippen molar-refractivity contribution in [2.24, 2.45) is 7.05 Å². The predicted octanol–water partition coefficient (Wildman–Crippen LogP) is 1.17. The van der Waals surface area contributed by atoms with Crippen molar-refractivity contribution in [2.75, 3.05) is 0 Å². The first kappa shape index (κ1) is 7.85. The first-order valence-corrected chi connectivity index (χ1v) is 3.76. The van der Waals surface area contributed by atoms with Crippen LogP contribution in [-0.2, 0) is 7.05 Å². The van der Waals surface area contributed by atoms with Crippen LogP contribution in [0.4, 0.5) is 0 Å². The van der Waals surface area contributed by atoms with Crippen LogP contribution in [0.1, 0.15) is 16.2 Å². The number of nitrogens with zero attached hydrogens (tertiary/aromatic N) is 2. The summed E-state index contributed by atoms with van der Waals surface area (Å²) in [6.45, 7) is 1.88. The van der Waals surface area contributed by atoms with Crippen LogP contribution in [0.5, 0.6) is 0 Å². The van der Waals surface area contributed by atoms with Gasteiger partial charge in [-0.3, -0.25) is 0 Å². The third-order valence-electron chi connectivity index (χ3n) is 2.10. The first-order valence-electron chi connectivity index (χ1n) is 3.76. The van der Waals surface area contributed by atoms with E-state index in [4.69, 9.17) is 5.11 Å². The van der Waals surface area contributed by atoms with Gasteiger partial charge in [-0.05, 0) is 13.0 Å². The lowest BCUT2D eigenvalue weighted by atomic mass is 10.3. The van der Waals surface area contributed by atoms with E-state index in [1.807, 2.05) is 14.0 Å². The van der Waals surface area contributed by atoms with E-state index in [9.17, 15) is 4.79 Å². The van der Waals surface area contributed by atoms with Gasteiger partial charge in [-0.15, -0.1) is 0 Å². The molecular weight excluding hydrogens is 172 g/mol. The van der Waals surface area contributed by atoms with Crippen molar-refractivity contribution in [2.45, 2.75) is 6.92 Å². The lowest BCUT2D eigenvalue weighted by Crippen LogP contribution is -1.92. The second kappa shape index (κ2) is 2.35. The van der Waals surface area contributed by atoms with Crippen molar-refractivity contribution in [1.82, 2.24) is 9.72 Å². The van der Waals surface area contributed by atoms with Crippen LogP contribution in [0.3, 0.4) is 0 Å². The van der Waals surface area contributed by atoms with Crippen LogP contribution >= 0.6 is 0 Å². The second-order valence-electron chi connectivity index (χ2n) is 2.90. The molecule has 0 bridgehead atoms. The van der Waals surface area contributed by atoms with Gasteiger partial charge in [0.05, 0.1) is 5.39 Å². The molecule has 0 amide bonds. The Balaban J connectivity index is 2.82. The molecule has 0 saturated carbocycles. The van der Waals surface area contributed by atoms with E-state index in [2.05, 4.69) is 9.68 Å². The number of carboxylic acids is 1. The molecule has 2 rings (SSSR count). The summed E-state index contributed by atoms with van der Waals surface area (Å²) in [5.74, 6) is -1.19. The molecule has 1 N–H and O–H groups in total. The Bertz CT molecular complexity index is 481. The molecule has 13 heavy (non-hydrogen) atoms. The summed E-state index contributed by atoms with van der Waals surface area (Å²) in [6, 6.07) is 1.75. The number of fused-ring (bicyclic) bond motifs is 1. The smallest absolute Gasteiger partial charge is 0.375 e. The molecule has 68 valence electrons. The maximum Gasteiger partial charge on any atom is 0.375 e. The topological polar surface area (TPSA) is 68.3 Å². The van der Waals surface area contributed by atoms with Crippen LogP contribution in [0.15, 0.2) is 10.6 Å².